The summed E-state index contributed by atoms with van der Waals surface area (Å²) in [4.78, 5) is 40.5. The van der Waals surface area contributed by atoms with Gasteiger partial charge in [0.15, 0.2) is 0 Å². The van der Waals surface area contributed by atoms with Gasteiger partial charge in [-0.05, 0) is 31.2 Å². The van der Waals surface area contributed by atoms with E-state index in [1.807, 2.05) is 13.0 Å². The first-order valence-electron chi connectivity index (χ1n) is 7.50. The summed E-state index contributed by atoms with van der Waals surface area (Å²) < 4.78 is 1.16. The lowest BCUT2D eigenvalue weighted by Crippen LogP contribution is -2.31. The predicted molar refractivity (Wildman–Crippen MR) is 91.0 cm³/mol. The Kier molecular flexibility index (Phi) is 4.24. The van der Waals surface area contributed by atoms with Crippen molar-refractivity contribution >= 4 is 22.5 Å². The second-order valence-electron chi connectivity index (χ2n) is 5.41. The molecule has 2 heterocycles. The van der Waals surface area contributed by atoms with Crippen molar-refractivity contribution in [3.05, 3.63) is 68.9 Å². The van der Waals surface area contributed by atoms with Gasteiger partial charge in [0.25, 0.3) is 11.1 Å². The van der Waals surface area contributed by atoms with Crippen LogP contribution in [0.4, 0.5) is 5.82 Å². The van der Waals surface area contributed by atoms with E-state index in [0.717, 1.165) is 10.4 Å². The number of benzene rings is 1. The number of hydrogen-bond acceptors (Lipinski definition) is 4. The first-order valence-corrected chi connectivity index (χ1v) is 7.50. The van der Waals surface area contributed by atoms with Gasteiger partial charge < -0.3 is 5.32 Å². The number of carbonyl (C=O) groups excluding carboxylic acids is 1. The number of aromatic nitrogens is 3. The molecule has 0 aliphatic rings. The molecular formula is C17H16N4O3. The largest absolute Gasteiger partial charge is 0.311 e. The Morgan fingerprint density at radius 3 is 2.62 bits per heavy atom. The molecule has 2 N–H and O–H groups in total. The molecule has 7 heteroatoms. The van der Waals surface area contributed by atoms with Crippen molar-refractivity contribution in [1.82, 2.24) is 14.8 Å². The number of nitrogens with zero attached hydrogens (tertiary/aromatic N) is 2. The van der Waals surface area contributed by atoms with Gasteiger partial charge in [-0.15, -0.1) is 0 Å². The van der Waals surface area contributed by atoms with Gasteiger partial charge in [0, 0.05) is 12.1 Å². The molecule has 0 saturated heterocycles. The number of rotatable bonds is 4. The standard InChI is InChI=1S/C17H16N4O3/c1-11-5-4-8-14(18-11)19-15(22)9-10-21-17(24)13-7-3-2-6-12(13)16(23)20-21/h2-8H,9-10H2,1H3,(H,20,23)(H,18,19,22). The molecule has 0 aliphatic heterocycles. The maximum Gasteiger partial charge on any atom is 0.273 e. The van der Waals surface area contributed by atoms with Crippen molar-refractivity contribution in [1.29, 1.82) is 0 Å². The zero-order valence-electron chi connectivity index (χ0n) is 13.1. The van der Waals surface area contributed by atoms with Crippen LogP contribution >= 0.6 is 0 Å². The lowest BCUT2D eigenvalue weighted by atomic mass is 10.2. The Morgan fingerprint density at radius 1 is 1.12 bits per heavy atom. The average molecular weight is 324 g/mol. The van der Waals surface area contributed by atoms with Gasteiger partial charge in [-0.25, -0.2) is 9.67 Å². The summed E-state index contributed by atoms with van der Waals surface area (Å²) in [5.74, 6) is 0.174. The molecule has 3 aromatic rings. The number of anilines is 1. The van der Waals surface area contributed by atoms with Crippen LogP contribution < -0.4 is 16.4 Å². The third-order valence-electron chi connectivity index (χ3n) is 3.60. The van der Waals surface area contributed by atoms with E-state index >= 15 is 0 Å². The van der Waals surface area contributed by atoms with Crippen molar-refractivity contribution < 1.29 is 4.79 Å². The van der Waals surface area contributed by atoms with Crippen LogP contribution in [-0.4, -0.2) is 20.7 Å². The highest BCUT2D eigenvalue weighted by Crippen LogP contribution is 2.05. The number of H-pyrrole nitrogens is 1. The Balaban J connectivity index is 1.76. The maximum atomic E-state index is 12.3. The van der Waals surface area contributed by atoms with E-state index in [0.29, 0.717) is 16.6 Å². The minimum absolute atomic E-state index is 0.0454. The first kappa shape index (κ1) is 15.7. The third-order valence-corrected chi connectivity index (χ3v) is 3.60. The van der Waals surface area contributed by atoms with E-state index in [1.165, 1.54) is 0 Å². The van der Waals surface area contributed by atoms with Crippen LogP contribution in [0.15, 0.2) is 52.1 Å². The number of carbonyl (C=O) groups is 1. The highest BCUT2D eigenvalue weighted by atomic mass is 16.2. The van der Waals surface area contributed by atoms with Crippen molar-refractivity contribution in [2.45, 2.75) is 19.9 Å². The normalized spacial score (nSPS) is 10.7. The highest BCUT2D eigenvalue weighted by molar-refractivity contribution is 5.89. The Labute approximate surface area is 137 Å². The molecule has 0 aliphatic carbocycles. The molecule has 0 saturated carbocycles. The molecule has 1 amide bonds. The van der Waals surface area contributed by atoms with E-state index < -0.39 is 0 Å². The van der Waals surface area contributed by atoms with Crippen molar-refractivity contribution in [2.75, 3.05) is 5.32 Å². The Bertz CT molecular complexity index is 1020. The minimum Gasteiger partial charge on any atom is -0.311 e. The SMILES string of the molecule is Cc1cccc(NC(=O)CCn2[nH]c(=O)c3ccccc3c2=O)n1. The van der Waals surface area contributed by atoms with Crippen LogP contribution in [0.2, 0.25) is 0 Å². The van der Waals surface area contributed by atoms with Crippen LogP contribution in [0.3, 0.4) is 0 Å². The molecular weight excluding hydrogens is 308 g/mol. The number of pyridine rings is 1. The highest BCUT2D eigenvalue weighted by Gasteiger charge is 2.09. The number of aryl methyl sites for hydroxylation is 2. The second-order valence-corrected chi connectivity index (χ2v) is 5.41. The molecule has 0 bridgehead atoms. The smallest absolute Gasteiger partial charge is 0.273 e. The summed E-state index contributed by atoms with van der Waals surface area (Å²) in [6, 6.07) is 11.9. The summed E-state index contributed by atoms with van der Waals surface area (Å²) in [5.41, 5.74) is 0.112. The molecule has 0 spiro atoms. The van der Waals surface area contributed by atoms with Gasteiger partial charge in [-0.1, -0.05) is 18.2 Å². The van der Waals surface area contributed by atoms with E-state index in [2.05, 4.69) is 15.4 Å². The number of amides is 1. The molecule has 3 rings (SSSR count). The molecule has 0 unspecified atom stereocenters. The fourth-order valence-corrected chi connectivity index (χ4v) is 2.44. The summed E-state index contributed by atoms with van der Waals surface area (Å²) in [5, 5.41) is 5.84. The fourth-order valence-electron chi connectivity index (χ4n) is 2.44. The molecule has 24 heavy (non-hydrogen) atoms. The molecule has 122 valence electrons. The van der Waals surface area contributed by atoms with Gasteiger partial charge in [0.2, 0.25) is 5.91 Å². The molecule has 0 atom stereocenters. The number of nitrogens with one attached hydrogen (secondary N) is 2. The molecule has 1 aromatic carbocycles. The quantitative estimate of drug-likeness (QED) is 0.758. The molecule has 0 radical (unpaired) electrons. The molecule has 0 fully saturated rings. The van der Waals surface area contributed by atoms with E-state index in [-0.39, 0.29) is 30.0 Å². The van der Waals surface area contributed by atoms with Crippen molar-refractivity contribution in [3.8, 4) is 0 Å². The lowest BCUT2D eigenvalue weighted by molar-refractivity contribution is -0.116. The Morgan fingerprint density at radius 2 is 1.88 bits per heavy atom. The lowest BCUT2D eigenvalue weighted by Gasteiger charge is -2.08. The summed E-state index contributed by atoms with van der Waals surface area (Å²) in [6.07, 6.45) is 0.0454. The summed E-state index contributed by atoms with van der Waals surface area (Å²) in [7, 11) is 0. The fraction of sp³-hybridized carbons (Fsp3) is 0.176. The molecule has 7 nitrogen and oxygen atoms in total. The Hall–Kier alpha value is -3.22. The van der Waals surface area contributed by atoms with Crippen LogP contribution in [0, 0.1) is 6.92 Å². The summed E-state index contributed by atoms with van der Waals surface area (Å²) >= 11 is 0. The predicted octanol–water partition coefficient (Wildman–Crippen LogP) is 1.42. The topological polar surface area (TPSA) is 96.9 Å². The minimum atomic E-state index is -0.356. The van der Waals surface area contributed by atoms with Crippen molar-refractivity contribution in [3.63, 3.8) is 0 Å². The van der Waals surface area contributed by atoms with Crippen molar-refractivity contribution in [2.24, 2.45) is 0 Å². The maximum absolute atomic E-state index is 12.3. The van der Waals surface area contributed by atoms with Gasteiger partial charge in [-0.2, -0.15) is 0 Å². The zero-order valence-corrected chi connectivity index (χ0v) is 13.1. The third kappa shape index (κ3) is 3.24. The van der Waals surface area contributed by atoms with Gasteiger partial charge >= 0.3 is 0 Å². The monoisotopic (exact) mass is 324 g/mol. The second kappa shape index (κ2) is 6.49. The van der Waals surface area contributed by atoms with E-state index in [1.54, 1.807) is 36.4 Å². The van der Waals surface area contributed by atoms with Crippen LogP contribution in [0.1, 0.15) is 12.1 Å². The zero-order chi connectivity index (χ0) is 17.1. The number of fused-ring (bicyclic) bond motifs is 1. The van der Waals surface area contributed by atoms with Gasteiger partial charge in [-0.3, -0.25) is 19.5 Å². The summed E-state index contributed by atoms with van der Waals surface area (Å²) in [6.45, 7) is 1.91. The molecule has 2 aromatic heterocycles. The van der Waals surface area contributed by atoms with Crippen LogP contribution in [0.25, 0.3) is 10.8 Å². The average Bonchev–Trinajstić information content (AvgIpc) is 2.57. The van der Waals surface area contributed by atoms with Crippen LogP contribution in [0.5, 0.6) is 0 Å². The van der Waals surface area contributed by atoms with E-state index in [4.69, 9.17) is 0 Å². The van der Waals surface area contributed by atoms with E-state index in [9.17, 15) is 14.4 Å². The van der Waals surface area contributed by atoms with Gasteiger partial charge in [0.1, 0.15) is 5.82 Å². The number of aromatic amines is 1. The van der Waals surface area contributed by atoms with Crippen LogP contribution in [-0.2, 0) is 11.3 Å². The first-order chi connectivity index (χ1) is 11.5. The number of hydrogen-bond donors (Lipinski definition) is 2. The van der Waals surface area contributed by atoms with Gasteiger partial charge in [0.05, 0.1) is 17.3 Å².